The molecule has 0 saturated heterocycles. The van der Waals surface area contributed by atoms with Crippen molar-refractivity contribution in [2.24, 2.45) is 5.14 Å². The van der Waals surface area contributed by atoms with E-state index in [4.69, 9.17) is 9.56 Å². The maximum atomic E-state index is 11.5. The predicted octanol–water partition coefficient (Wildman–Crippen LogP) is 0.607. The molecule has 0 saturated carbocycles. The van der Waals surface area contributed by atoms with Gasteiger partial charge >= 0.3 is 0 Å². The first-order valence-corrected chi connectivity index (χ1v) is 7.29. The van der Waals surface area contributed by atoms with Gasteiger partial charge in [0.05, 0.1) is 5.69 Å². The molecule has 104 valence electrons. The molecule has 0 bridgehead atoms. The Morgan fingerprint density at radius 1 is 1.32 bits per heavy atom. The van der Waals surface area contributed by atoms with Crippen LogP contribution in [-0.4, -0.2) is 28.2 Å². The van der Waals surface area contributed by atoms with E-state index in [0.717, 1.165) is 0 Å². The van der Waals surface area contributed by atoms with E-state index in [9.17, 15) is 8.42 Å². The fourth-order valence-corrected chi connectivity index (χ4v) is 2.47. The molecule has 0 aromatic carbocycles. The lowest BCUT2D eigenvalue weighted by atomic mass is 10.3. The summed E-state index contributed by atoms with van der Waals surface area (Å²) in [6.07, 6.45) is 0.708. The molecule has 0 aliphatic rings. The van der Waals surface area contributed by atoms with Crippen molar-refractivity contribution in [2.75, 3.05) is 0 Å². The minimum Gasteiger partial charge on any atom is -0.437 e. The summed E-state index contributed by atoms with van der Waals surface area (Å²) in [5, 5.41) is 12.4. The van der Waals surface area contributed by atoms with E-state index in [1.54, 1.807) is 13.8 Å². The summed E-state index contributed by atoms with van der Waals surface area (Å²) in [6.45, 7) is 5.80. The summed E-state index contributed by atoms with van der Waals surface area (Å²) in [4.78, 5) is 4.13. The topological polar surface area (TPSA) is 117 Å². The third-order valence-corrected chi connectivity index (χ3v) is 3.34. The van der Waals surface area contributed by atoms with Gasteiger partial charge in [0.1, 0.15) is 0 Å². The number of oxazole rings is 1. The van der Waals surface area contributed by atoms with Gasteiger partial charge in [-0.1, -0.05) is 6.92 Å². The number of nitrogens with two attached hydrogens (primary N) is 1. The van der Waals surface area contributed by atoms with Crippen LogP contribution in [0.1, 0.15) is 24.9 Å². The number of nitrogens with zero attached hydrogens (tertiary/aromatic N) is 4. The lowest BCUT2D eigenvalue weighted by Gasteiger charge is -2.06. The van der Waals surface area contributed by atoms with Crippen molar-refractivity contribution in [3.05, 3.63) is 11.6 Å². The monoisotopic (exact) mass is 285 g/mol. The van der Waals surface area contributed by atoms with E-state index in [1.165, 1.54) is 4.57 Å². The van der Waals surface area contributed by atoms with Crippen molar-refractivity contribution in [1.29, 1.82) is 0 Å². The summed E-state index contributed by atoms with van der Waals surface area (Å²) in [5.74, 6) is 1.22. The second-order valence-corrected chi connectivity index (χ2v) is 5.61. The van der Waals surface area contributed by atoms with Crippen LogP contribution in [0.3, 0.4) is 0 Å². The minimum absolute atomic E-state index is 0.266. The van der Waals surface area contributed by atoms with Crippen LogP contribution in [0.25, 0.3) is 11.6 Å². The minimum atomic E-state index is -3.92. The smallest absolute Gasteiger partial charge is 0.273 e. The molecule has 8 nitrogen and oxygen atoms in total. The Bertz CT molecular complexity index is 701. The zero-order valence-electron chi connectivity index (χ0n) is 10.9. The first-order valence-electron chi connectivity index (χ1n) is 5.75. The van der Waals surface area contributed by atoms with E-state index in [2.05, 4.69) is 15.2 Å². The standard InChI is InChI=1S/C10H15N5O3S/c1-4-5-15-9(8-6(2)12-7(3)18-8)13-14-10(15)19(11,16)17/h4-5H2,1-3H3,(H2,11,16,17). The van der Waals surface area contributed by atoms with Crippen molar-refractivity contribution in [1.82, 2.24) is 19.7 Å². The summed E-state index contributed by atoms with van der Waals surface area (Å²) in [6, 6.07) is 0. The largest absolute Gasteiger partial charge is 0.437 e. The molecule has 0 radical (unpaired) electrons. The van der Waals surface area contributed by atoms with Crippen LogP contribution in [0, 0.1) is 13.8 Å². The van der Waals surface area contributed by atoms with Crippen LogP contribution in [0.5, 0.6) is 0 Å². The van der Waals surface area contributed by atoms with Gasteiger partial charge < -0.3 is 4.42 Å². The highest BCUT2D eigenvalue weighted by molar-refractivity contribution is 7.89. The van der Waals surface area contributed by atoms with E-state index in [1.807, 2.05) is 6.92 Å². The molecular weight excluding hydrogens is 270 g/mol. The summed E-state index contributed by atoms with van der Waals surface area (Å²) >= 11 is 0. The van der Waals surface area contributed by atoms with Gasteiger partial charge in [0.25, 0.3) is 15.2 Å². The van der Waals surface area contributed by atoms with Crippen LogP contribution in [0.2, 0.25) is 0 Å². The Kier molecular flexibility index (Phi) is 3.42. The second kappa shape index (κ2) is 4.74. The van der Waals surface area contributed by atoms with Crippen LogP contribution in [0.4, 0.5) is 0 Å². The maximum absolute atomic E-state index is 11.5. The van der Waals surface area contributed by atoms with Crippen molar-refractivity contribution in [3.63, 3.8) is 0 Å². The van der Waals surface area contributed by atoms with Gasteiger partial charge in [-0.15, -0.1) is 10.2 Å². The normalized spacial score (nSPS) is 12.0. The molecule has 2 heterocycles. The Morgan fingerprint density at radius 2 is 2.00 bits per heavy atom. The Morgan fingerprint density at radius 3 is 2.47 bits per heavy atom. The molecule has 0 amide bonds. The van der Waals surface area contributed by atoms with Crippen LogP contribution < -0.4 is 5.14 Å². The van der Waals surface area contributed by atoms with Crippen molar-refractivity contribution >= 4 is 10.0 Å². The zero-order valence-corrected chi connectivity index (χ0v) is 11.7. The molecule has 0 spiro atoms. The summed E-state index contributed by atoms with van der Waals surface area (Å²) in [5.41, 5.74) is 0.628. The quantitative estimate of drug-likeness (QED) is 0.879. The zero-order chi connectivity index (χ0) is 14.2. The fourth-order valence-electron chi connectivity index (χ4n) is 1.83. The number of hydrogen-bond donors (Lipinski definition) is 1. The average Bonchev–Trinajstić information content (AvgIpc) is 2.82. The molecule has 2 rings (SSSR count). The highest BCUT2D eigenvalue weighted by Gasteiger charge is 2.24. The molecule has 0 unspecified atom stereocenters. The van der Waals surface area contributed by atoms with Gasteiger partial charge in [-0.05, 0) is 13.3 Å². The highest BCUT2D eigenvalue weighted by atomic mass is 32.2. The van der Waals surface area contributed by atoms with E-state index < -0.39 is 10.0 Å². The maximum Gasteiger partial charge on any atom is 0.273 e. The van der Waals surface area contributed by atoms with E-state index in [0.29, 0.717) is 36.1 Å². The molecule has 0 aliphatic heterocycles. The fraction of sp³-hybridized carbons (Fsp3) is 0.500. The Balaban J connectivity index is 2.65. The van der Waals surface area contributed by atoms with Crippen molar-refractivity contribution < 1.29 is 12.8 Å². The third kappa shape index (κ3) is 2.51. The summed E-state index contributed by atoms with van der Waals surface area (Å²) in [7, 11) is -3.92. The number of aryl methyl sites for hydroxylation is 2. The molecule has 19 heavy (non-hydrogen) atoms. The van der Waals surface area contributed by atoms with Gasteiger partial charge in [-0.25, -0.2) is 18.5 Å². The molecule has 9 heteroatoms. The first kappa shape index (κ1) is 13.7. The number of rotatable bonds is 4. The predicted molar refractivity (Wildman–Crippen MR) is 66.7 cm³/mol. The molecule has 2 aromatic heterocycles. The lowest BCUT2D eigenvalue weighted by molar-refractivity contribution is 0.518. The van der Waals surface area contributed by atoms with Gasteiger partial charge in [-0.2, -0.15) is 0 Å². The number of sulfonamides is 1. The average molecular weight is 285 g/mol. The van der Waals surface area contributed by atoms with Crippen molar-refractivity contribution in [2.45, 2.75) is 38.9 Å². The molecule has 2 N–H and O–H groups in total. The van der Waals surface area contributed by atoms with Crippen LogP contribution in [-0.2, 0) is 16.6 Å². The Hall–Kier alpha value is -1.74. The van der Waals surface area contributed by atoms with Crippen LogP contribution in [0.15, 0.2) is 9.57 Å². The number of hydrogen-bond acceptors (Lipinski definition) is 6. The summed E-state index contributed by atoms with van der Waals surface area (Å²) < 4.78 is 29.8. The molecule has 2 aromatic rings. The van der Waals surface area contributed by atoms with Crippen molar-refractivity contribution in [3.8, 4) is 11.6 Å². The molecular formula is C10H15N5O3S. The molecule has 0 fully saturated rings. The highest BCUT2D eigenvalue weighted by Crippen LogP contribution is 2.24. The molecule has 0 atom stereocenters. The SMILES string of the molecule is CCCn1c(-c2oc(C)nc2C)nnc1S(N)(=O)=O. The Labute approximate surface area is 110 Å². The third-order valence-electron chi connectivity index (χ3n) is 2.53. The lowest BCUT2D eigenvalue weighted by Crippen LogP contribution is -2.19. The van der Waals surface area contributed by atoms with E-state index in [-0.39, 0.29) is 5.16 Å². The number of primary sulfonamides is 1. The van der Waals surface area contributed by atoms with Crippen LogP contribution >= 0.6 is 0 Å². The molecule has 0 aliphatic carbocycles. The first-order chi connectivity index (χ1) is 8.84. The van der Waals surface area contributed by atoms with Gasteiger partial charge in [0, 0.05) is 13.5 Å². The van der Waals surface area contributed by atoms with E-state index >= 15 is 0 Å². The van der Waals surface area contributed by atoms with Gasteiger partial charge in [-0.3, -0.25) is 4.57 Å². The van der Waals surface area contributed by atoms with Gasteiger partial charge in [0.2, 0.25) is 5.82 Å². The number of aromatic nitrogens is 4. The van der Waals surface area contributed by atoms with Gasteiger partial charge in [0.15, 0.2) is 11.7 Å². The second-order valence-electron chi connectivity index (χ2n) is 4.15.